The summed E-state index contributed by atoms with van der Waals surface area (Å²) in [7, 11) is 0. The van der Waals surface area contributed by atoms with Gasteiger partial charge in [-0.3, -0.25) is 0 Å². The van der Waals surface area contributed by atoms with Gasteiger partial charge < -0.3 is 10.5 Å². The molecule has 0 bridgehead atoms. The van der Waals surface area contributed by atoms with Crippen LogP contribution in [0.3, 0.4) is 0 Å². The maximum absolute atomic E-state index is 6.14. The number of halogens is 1. The molecule has 2 rings (SSSR count). The van der Waals surface area contributed by atoms with Crippen molar-refractivity contribution in [2.24, 2.45) is 5.73 Å². The van der Waals surface area contributed by atoms with E-state index in [1.165, 1.54) is 4.88 Å². The lowest BCUT2D eigenvalue weighted by atomic mass is 10.1. The largest absolute Gasteiger partial charge is 0.487 e. The smallest absolute Gasteiger partial charge is 0.138 e. The van der Waals surface area contributed by atoms with Gasteiger partial charge in [-0.2, -0.15) is 0 Å². The van der Waals surface area contributed by atoms with E-state index in [-0.39, 0.29) is 6.04 Å². The molecule has 0 fully saturated rings. The Kier molecular flexibility index (Phi) is 4.05. The number of thiophene rings is 1. The minimum Gasteiger partial charge on any atom is -0.487 e. The van der Waals surface area contributed by atoms with Gasteiger partial charge in [-0.05, 0) is 36.1 Å². The van der Waals surface area contributed by atoms with Crippen molar-refractivity contribution >= 4 is 22.9 Å². The van der Waals surface area contributed by atoms with Gasteiger partial charge in [0.25, 0.3) is 0 Å². The normalized spacial score (nSPS) is 12.4. The molecule has 1 atom stereocenters. The predicted octanol–water partition coefficient (Wildman–Crippen LogP) is 4.00. The molecule has 1 aromatic carbocycles. The molecule has 0 amide bonds. The fourth-order valence-corrected chi connectivity index (χ4v) is 2.32. The minimum atomic E-state index is -0.0150. The van der Waals surface area contributed by atoms with E-state index in [4.69, 9.17) is 22.1 Å². The predicted molar refractivity (Wildman–Crippen MR) is 72.7 cm³/mol. The van der Waals surface area contributed by atoms with Crippen molar-refractivity contribution in [2.75, 3.05) is 0 Å². The molecule has 0 unspecified atom stereocenters. The van der Waals surface area contributed by atoms with Gasteiger partial charge in [-0.25, -0.2) is 0 Å². The van der Waals surface area contributed by atoms with Crippen molar-refractivity contribution in [3.63, 3.8) is 0 Å². The summed E-state index contributed by atoms with van der Waals surface area (Å²) in [5, 5.41) is 2.64. The number of hydrogen-bond donors (Lipinski definition) is 1. The van der Waals surface area contributed by atoms with Crippen molar-refractivity contribution in [3.05, 3.63) is 51.2 Å². The fourth-order valence-electron chi connectivity index (χ4n) is 1.46. The zero-order valence-electron chi connectivity index (χ0n) is 9.52. The van der Waals surface area contributed by atoms with Crippen LogP contribution >= 0.6 is 22.9 Å². The summed E-state index contributed by atoms with van der Waals surface area (Å²) in [6, 6.07) is 9.70. The second-order valence-electron chi connectivity index (χ2n) is 3.85. The maximum Gasteiger partial charge on any atom is 0.138 e. The highest BCUT2D eigenvalue weighted by Crippen LogP contribution is 2.28. The molecule has 17 heavy (non-hydrogen) atoms. The average Bonchev–Trinajstić information content (AvgIpc) is 2.80. The van der Waals surface area contributed by atoms with E-state index in [1.807, 2.05) is 42.6 Å². The Hall–Kier alpha value is -1.03. The van der Waals surface area contributed by atoms with Crippen LogP contribution in [0.5, 0.6) is 5.75 Å². The number of benzene rings is 1. The summed E-state index contributed by atoms with van der Waals surface area (Å²) in [5.41, 5.74) is 6.80. The van der Waals surface area contributed by atoms with Crippen LogP contribution in [0.15, 0.2) is 35.7 Å². The lowest BCUT2D eigenvalue weighted by Gasteiger charge is -2.10. The third-order valence-corrected chi connectivity index (χ3v) is 3.58. The van der Waals surface area contributed by atoms with Gasteiger partial charge in [0.15, 0.2) is 0 Å². The molecular weight excluding hydrogens is 254 g/mol. The van der Waals surface area contributed by atoms with E-state index in [2.05, 4.69) is 0 Å². The van der Waals surface area contributed by atoms with Crippen molar-refractivity contribution in [2.45, 2.75) is 19.6 Å². The summed E-state index contributed by atoms with van der Waals surface area (Å²) in [5.74, 6) is 0.699. The quantitative estimate of drug-likeness (QED) is 0.909. The first-order chi connectivity index (χ1) is 8.16. The van der Waals surface area contributed by atoms with Gasteiger partial charge >= 0.3 is 0 Å². The van der Waals surface area contributed by atoms with E-state index in [9.17, 15) is 0 Å². The Morgan fingerprint density at radius 1 is 1.41 bits per heavy atom. The van der Waals surface area contributed by atoms with Crippen molar-refractivity contribution in [1.82, 2.24) is 0 Å². The fraction of sp³-hybridized carbons (Fsp3) is 0.231. The standard InChI is InChI=1S/C13H14ClNOS/c1-9(15)10-4-5-13(12(14)7-10)16-8-11-3-2-6-17-11/h2-7,9H,8,15H2,1H3/t9-/m0/s1. The number of rotatable bonds is 4. The monoisotopic (exact) mass is 267 g/mol. The highest BCUT2D eigenvalue weighted by molar-refractivity contribution is 7.09. The van der Waals surface area contributed by atoms with Crippen LogP contribution in [0.4, 0.5) is 0 Å². The molecule has 2 N–H and O–H groups in total. The summed E-state index contributed by atoms with van der Waals surface area (Å²) in [6.07, 6.45) is 0. The molecule has 1 heterocycles. The van der Waals surface area contributed by atoms with Gasteiger partial charge in [-0.1, -0.05) is 23.7 Å². The van der Waals surface area contributed by atoms with Crippen LogP contribution in [0.2, 0.25) is 5.02 Å². The summed E-state index contributed by atoms with van der Waals surface area (Å²) in [6.45, 7) is 2.48. The van der Waals surface area contributed by atoms with E-state index in [0.29, 0.717) is 17.4 Å². The molecule has 0 spiro atoms. The first-order valence-electron chi connectivity index (χ1n) is 5.37. The van der Waals surface area contributed by atoms with Crippen molar-refractivity contribution in [3.8, 4) is 5.75 Å². The molecule has 0 aliphatic carbocycles. The van der Waals surface area contributed by atoms with E-state index in [0.717, 1.165) is 5.56 Å². The highest BCUT2D eigenvalue weighted by Gasteiger charge is 2.06. The zero-order valence-corrected chi connectivity index (χ0v) is 11.1. The second-order valence-corrected chi connectivity index (χ2v) is 5.29. The molecule has 1 aromatic heterocycles. The molecule has 0 saturated carbocycles. The van der Waals surface area contributed by atoms with Crippen LogP contribution < -0.4 is 10.5 Å². The maximum atomic E-state index is 6.14. The molecule has 0 saturated heterocycles. The average molecular weight is 268 g/mol. The number of ether oxygens (including phenoxy) is 1. The van der Waals surface area contributed by atoms with Gasteiger partial charge in [0.05, 0.1) is 5.02 Å². The number of hydrogen-bond acceptors (Lipinski definition) is 3. The number of nitrogens with two attached hydrogens (primary N) is 1. The topological polar surface area (TPSA) is 35.2 Å². The minimum absolute atomic E-state index is 0.0150. The third-order valence-electron chi connectivity index (χ3n) is 2.43. The van der Waals surface area contributed by atoms with Crippen LogP contribution in [-0.2, 0) is 6.61 Å². The van der Waals surface area contributed by atoms with E-state index in [1.54, 1.807) is 11.3 Å². The Morgan fingerprint density at radius 3 is 2.82 bits per heavy atom. The van der Waals surface area contributed by atoms with E-state index >= 15 is 0 Å². The SMILES string of the molecule is C[C@H](N)c1ccc(OCc2cccs2)c(Cl)c1. The highest BCUT2D eigenvalue weighted by atomic mass is 35.5. The third kappa shape index (κ3) is 3.22. The molecule has 0 radical (unpaired) electrons. The molecule has 0 aliphatic rings. The lowest BCUT2D eigenvalue weighted by Crippen LogP contribution is -2.05. The first-order valence-corrected chi connectivity index (χ1v) is 6.63. The van der Waals surface area contributed by atoms with Crippen LogP contribution in [0.25, 0.3) is 0 Å². The van der Waals surface area contributed by atoms with Gasteiger partial charge in [-0.15, -0.1) is 11.3 Å². The van der Waals surface area contributed by atoms with Gasteiger partial charge in [0.1, 0.15) is 12.4 Å². The van der Waals surface area contributed by atoms with Crippen LogP contribution in [0, 0.1) is 0 Å². The molecular formula is C13H14ClNOS. The molecule has 2 aromatic rings. The van der Waals surface area contributed by atoms with Crippen LogP contribution in [-0.4, -0.2) is 0 Å². The van der Waals surface area contributed by atoms with E-state index < -0.39 is 0 Å². The Morgan fingerprint density at radius 2 is 2.24 bits per heavy atom. The lowest BCUT2D eigenvalue weighted by molar-refractivity contribution is 0.310. The Labute approximate surface area is 110 Å². The molecule has 90 valence electrons. The summed E-state index contributed by atoms with van der Waals surface area (Å²) in [4.78, 5) is 1.18. The molecule has 0 aliphatic heterocycles. The van der Waals surface area contributed by atoms with Gasteiger partial charge in [0, 0.05) is 10.9 Å². The van der Waals surface area contributed by atoms with Crippen molar-refractivity contribution in [1.29, 1.82) is 0 Å². The Balaban J connectivity index is 2.06. The summed E-state index contributed by atoms with van der Waals surface area (Å²) >= 11 is 7.80. The molecule has 2 nitrogen and oxygen atoms in total. The second kappa shape index (κ2) is 5.54. The first kappa shape index (κ1) is 12.4. The summed E-state index contributed by atoms with van der Waals surface area (Å²) < 4.78 is 5.65. The molecule has 4 heteroatoms. The van der Waals surface area contributed by atoms with Gasteiger partial charge in [0.2, 0.25) is 0 Å². The zero-order chi connectivity index (χ0) is 12.3. The Bertz CT molecular complexity index is 482. The van der Waals surface area contributed by atoms with Crippen LogP contribution in [0.1, 0.15) is 23.4 Å². The van der Waals surface area contributed by atoms with Crippen molar-refractivity contribution < 1.29 is 4.74 Å².